The summed E-state index contributed by atoms with van der Waals surface area (Å²) in [5, 5.41) is 0. The number of fused-ring (bicyclic) bond motifs is 1. The van der Waals surface area contributed by atoms with E-state index in [1.165, 1.54) is 6.26 Å². The molecule has 0 radical (unpaired) electrons. The number of methoxy groups -OCH3 is 1. The number of benzene rings is 2. The zero-order chi connectivity index (χ0) is 26.9. The van der Waals surface area contributed by atoms with Gasteiger partial charge in [-0.3, -0.25) is 14.5 Å². The molecular weight excluding hydrogens is 484 g/mol. The Bertz CT molecular complexity index is 1330. The van der Waals surface area contributed by atoms with Gasteiger partial charge in [0, 0.05) is 26.2 Å². The molecule has 38 heavy (non-hydrogen) atoms. The second kappa shape index (κ2) is 10.4. The van der Waals surface area contributed by atoms with Crippen molar-refractivity contribution in [3.8, 4) is 11.5 Å². The Hall–Kier alpha value is -4.01. The molecule has 1 saturated heterocycles. The minimum atomic E-state index is -0.180. The third-order valence-corrected chi connectivity index (χ3v) is 7.62. The van der Waals surface area contributed by atoms with Gasteiger partial charge >= 0.3 is 0 Å². The largest absolute Gasteiger partial charge is 0.495 e. The summed E-state index contributed by atoms with van der Waals surface area (Å²) in [6.45, 7) is 9.06. The lowest BCUT2D eigenvalue weighted by molar-refractivity contribution is -0.121. The summed E-state index contributed by atoms with van der Waals surface area (Å²) in [5.74, 6) is 1.42. The van der Waals surface area contributed by atoms with Crippen molar-refractivity contribution in [1.82, 2.24) is 9.88 Å². The maximum atomic E-state index is 13.2. The van der Waals surface area contributed by atoms with Crippen molar-refractivity contribution >= 4 is 23.2 Å². The molecular formula is C29H34N4O5. The van der Waals surface area contributed by atoms with Gasteiger partial charge in [0.05, 0.1) is 18.5 Å². The van der Waals surface area contributed by atoms with Crippen LogP contribution >= 0.6 is 0 Å². The summed E-state index contributed by atoms with van der Waals surface area (Å²) in [7, 11) is 1.66. The van der Waals surface area contributed by atoms with Crippen LogP contribution in [0.25, 0.3) is 0 Å². The van der Waals surface area contributed by atoms with Crippen LogP contribution in [0.1, 0.15) is 49.1 Å². The molecule has 0 N–H and O–H groups in total. The summed E-state index contributed by atoms with van der Waals surface area (Å²) in [5.41, 5.74) is 3.04. The minimum Gasteiger partial charge on any atom is -0.495 e. The van der Waals surface area contributed by atoms with Crippen LogP contribution < -0.4 is 19.3 Å². The number of carbonyl (C=O) groups excluding carboxylic acids is 2. The average molecular weight is 519 g/mol. The van der Waals surface area contributed by atoms with E-state index in [4.69, 9.17) is 13.9 Å². The SMILES string of the molecule is CCC(C)(C)c1ccc2c(c1)N(Cc1nc(C(=O)N3CCN(c4ccccc4OC)CC3)co1)C(=O)CO2. The fourth-order valence-corrected chi connectivity index (χ4v) is 4.82. The molecule has 0 aliphatic carbocycles. The Balaban J connectivity index is 1.27. The Morgan fingerprint density at radius 1 is 1.08 bits per heavy atom. The van der Waals surface area contributed by atoms with Crippen LogP contribution in [0.4, 0.5) is 11.4 Å². The highest BCUT2D eigenvalue weighted by atomic mass is 16.5. The fourth-order valence-electron chi connectivity index (χ4n) is 4.82. The lowest BCUT2D eigenvalue weighted by Crippen LogP contribution is -2.49. The number of aromatic nitrogens is 1. The number of rotatable bonds is 7. The van der Waals surface area contributed by atoms with Crippen molar-refractivity contribution in [2.75, 3.05) is 49.7 Å². The highest BCUT2D eigenvalue weighted by molar-refractivity contribution is 5.98. The van der Waals surface area contributed by atoms with Crippen molar-refractivity contribution in [3.05, 3.63) is 65.9 Å². The molecule has 0 bridgehead atoms. The maximum Gasteiger partial charge on any atom is 0.275 e. The van der Waals surface area contributed by atoms with E-state index in [9.17, 15) is 9.59 Å². The topological polar surface area (TPSA) is 88.4 Å². The van der Waals surface area contributed by atoms with Crippen LogP contribution in [0.3, 0.4) is 0 Å². The van der Waals surface area contributed by atoms with E-state index in [0.717, 1.165) is 23.4 Å². The first-order valence-electron chi connectivity index (χ1n) is 13.0. The van der Waals surface area contributed by atoms with Gasteiger partial charge in [-0.05, 0) is 41.7 Å². The standard InChI is InChI=1S/C29H34N4O5/c1-5-29(2,3)20-10-11-25-23(16-20)33(27(34)19-37-25)17-26-30-21(18-38-26)28(35)32-14-12-31(13-15-32)22-8-6-7-9-24(22)36-4/h6-11,16,18H,5,12-15,17,19H2,1-4H3. The molecule has 9 heteroatoms. The molecule has 2 amide bonds. The summed E-state index contributed by atoms with van der Waals surface area (Å²) >= 11 is 0. The van der Waals surface area contributed by atoms with Gasteiger partial charge in [-0.25, -0.2) is 4.98 Å². The number of carbonyl (C=O) groups is 2. The predicted octanol–water partition coefficient (Wildman–Crippen LogP) is 4.26. The fraction of sp³-hybridized carbons (Fsp3) is 0.414. The Morgan fingerprint density at radius 2 is 1.84 bits per heavy atom. The van der Waals surface area contributed by atoms with Gasteiger partial charge in [-0.15, -0.1) is 0 Å². The molecule has 2 aromatic carbocycles. The first-order chi connectivity index (χ1) is 18.3. The van der Waals surface area contributed by atoms with Crippen LogP contribution in [0, 0.1) is 0 Å². The smallest absolute Gasteiger partial charge is 0.275 e. The lowest BCUT2D eigenvalue weighted by atomic mass is 9.82. The molecule has 5 rings (SSSR count). The van der Waals surface area contributed by atoms with Gasteiger partial charge in [0.25, 0.3) is 11.8 Å². The van der Waals surface area contributed by atoms with E-state index < -0.39 is 0 Å². The molecule has 9 nitrogen and oxygen atoms in total. The summed E-state index contributed by atoms with van der Waals surface area (Å²) in [6, 6.07) is 13.9. The molecule has 0 saturated carbocycles. The van der Waals surface area contributed by atoms with Crippen LogP contribution in [-0.4, -0.2) is 61.6 Å². The van der Waals surface area contributed by atoms with E-state index in [1.807, 2.05) is 42.5 Å². The number of anilines is 2. The van der Waals surface area contributed by atoms with Crippen molar-refractivity contribution < 1.29 is 23.5 Å². The number of amides is 2. The minimum absolute atomic E-state index is 0.0423. The molecule has 1 fully saturated rings. The predicted molar refractivity (Wildman–Crippen MR) is 144 cm³/mol. The van der Waals surface area contributed by atoms with Crippen LogP contribution in [0.2, 0.25) is 0 Å². The number of nitrogens with zero attached hydrogens (tertiary/aromatic N) is 4. The van der Waals surface area contributed by atoms with Crippen molar-refractivity contribution in [2.24, 2.45) is 0 Å². The highest BCUT2D eigenvalue weighted by Gasteiger charge is 2.31. The molecule has 0 spiro atoms. The van der Waals surface area contributed by atoms with Crippen LogP contribution in [0.15, 0.2) is 53.1 Å². The van der Waals surface area contributed by atoms with E-state index in [0.29, 0.717) is 43.5 Å². The second-order valence-electron chi connectivity index (χ2n) is 10.3. The van der Waals surface area contributed by atoms with Gasteiger partial charge in [0.1, 0.15) is 24.3 Å². The first-order valence-corrected chi connectivity index (χ1v) is 13.0. The highest BCUT2D eigenvalue weighted by Crippen LogP contribution is 2.38. The Morgan fingerprint density at radius 3 is 2.58 bits per heavy atom. The molecule has 0 unspecified atom stereocenters. The molecule has 2 aliphatic rings. The molecule has 3 aromatic rings. The summed E-state index contributed by atoms with van der Waals surface area (Å²) < 4.78 is 16.8. The Labute approximate surface area is 222 Å². The number of hydrogen-bond donors (Lipinski definition) is 0. The lowest BCUT2D eigenvalue weighted by Gasteiger charge is -2.36. The maximum absolute atomic E-state index is 13.2. The first kappa shape index (κ1) is 25.6. The zero-order valence-electron chi connectivity index (χ0n) is 22.4. The number of hydrogen-bond acceptors (Lipinski definition) is 7. The number of ether oxygens (including phenoxy) is 2. The quantitative estimate of drug-likeness (QED) is 0.462. The molecule has 2 aliphatic heterocycles. The van der Waals surface area contributed by atoms with Gasteiger partial charge in [-0.1, -0.05) is 39.0 Å². The van der Waals surface area contributed by atoms with Gasteiger partial charge in [-0.2, -0.15) is 0 Å². The van der Waals surface area contributed by atoms with E-state index >= 15 is 0 Å². The van der Waals surface area contributed by atoms with Crippen molar-refractivity contribution in [3.63, 3.8) is 0 Å². The summed E-state index contributed by atoms with van der Waals surface area (Å²) in [6.07, 6.45) is 2.34. The molecule has 3 heterocycles. The molecule has 1 aromatic heterocycles. The number of para-hydroxylation sites is 2. The molecule has 200 valence electrons. The van der Waals surface area contributed by atoms with Crippen LogP contribution in [0.5, 0.6) is 11.5 Å². The van der Waals surface area contributed by atoms with Gasteiger partial charge in [0.15, 0.2) is 12.3 Å². The monoisotopic (exact) mass is 518 g/mol. The normalized spacial score (nSPS) is 15.8. The number of oxazole rings is 1. The third-order valence-electron chi connectivity index (χ3n) is 7.62. The number of piperazine rings is 1. The summed E-state index contributed by atoms with van der Waals surface area (Å²) in [4.78, 5) is 36.1. The second-order valence-corrected chi connectivity index (χ2v) is 10.3. The van der Waals surface area contributed by atoms with Gasteiger partial charge in [0.2, 0.25) is 5.89 Å². The average Bonchev–Trinajstić information content (AvgIpc) is 3.42. The molecule has 0 atom stereocenters. The van der Waals surface area contributed by atoms with E-state index in [-0.39, 0.29) is 36.1 Å². The van der Waals surface area contributed by atoms with Crippen molar-refractivity contribution in [2.45, 2.75) is 39.2 Å². The van der Waals surface area contributed by atoms with E-state index in [1.54, 1.807) is 16.9 Å². The van der Waals surface area contributed by atoms with Crippen molar-refractivity contribution in [1.29, 1.82) is 0 Å². The Kier molecular flexibility index (Phi) is 7.01. The third kappa shape index (κ3) is 4.92. The van der Waals surface area contributed by atoms with E-state index in [2.05, 4.69) is 30.7 Å². The zero-order valence-corrected chi connectivity index (χ0v) is 22.4. The van der Waals surface area contributed by atoms with Crippen LogP contribution in [-0.2, 0) is 16.8 Å². The van der Waals surface area contributed by atoms with Gasteiger partial charge < -0.3 is 23.7 Å².